The topological polar surface area (TPSA) is 79.2 Å². The first-order valence-corrected chi connectivity index (χ1v) is 8.82. The Morgan fingerprint density at radius 1 is 1.42 bits per heavy atom. The maximum absolute atomic E-state index is 12.0. The van der Waals surface area contributed by atoms with Gasteiger partial charge in [0.2, 0.25) is 5.91 Å². The van der Waals surface area contributed by atoms with E-state index in [4.69, 9.17) is 4.74 Å². The molecular formula is C18H20N2O3S. The van der Waals surface area contributed by atoms with Gasteiger partial charge in [0.15, 0.2) is 0 Å². The first-order chi connectivity index (χ1) is 11.5. The van der Waals surface area contributed by atoms with Gasteiger partial charge in [-0.25, -0.2) is 0 Å². The van der Waals surface area contributed by atoms with E-state index in [1.54, 1.807) is 0 Å². The molecule has 0 bridgehead atoms. The van der Waals surface area contributed by atoms with Gasteiger partial charge < -0.3 is 10.1 Å². The van der Waals surface area contributed by atoms with Crippen molar-refractivity contribution in [2.75, 3.05) is 12.4 Å². The summed E-state index contributed by atoms with van der Waals surface area (Å²) < 4.78 is 5.02. The van der Waals surface area contributed by atoms with Crippen LogP contribution >= 0.6 is 11.8 Å². The minimum absolute atomic E-state index is 0.0708. The normalized spacial score (nSPS) is 17.2. The van der Waals surface area contributed by atoms with Gasteiger partial charge in [-0.2, -0.15) is 5.26 Å². The summed E-state index contributed by atoms with van der Waals surface area (Å²) >= 11 is 1.14. The molecule has 0 saturated carbocycles. The number of nitriles is 1. The number of carbonyl (C=O) groups excluding carboxylic acids is 2. The van der Waals surface area contributed by atoms with Crippen LogP contribution in [0.15, 0.2) is 34.9 Å². The number of benzene rings is 1. The van der Waals surface area contributed by atoms with E-state index in [1.165, 1.54) is 0 Å². The molecule has 1 amide bonds. The third-order valence-electron chi connectivity index (χ3n) is 3.64. The van der Waals surface area contributed by atoms with Crippen LogP contribution in [0.5, 0.6) is 0 Å². The van der Waals surface area contributed by atoms with Gasteiger partial charge >= 0.3 is 5.97 Å². The van der Waals surface area contributed by atoms with Crippen LogP contribution < -0.4 is 5.32 Å². The smallest absolute Gasteiger partial charge is 0.316 e. The van der Waals surface area contributed by atoms with Gasteiger partial charge in [0.05, 0.1) is 29.0 Å². The van der Waals surface area contributed by atoms with Crippen LogP contribution in [0.2, 0.25) is 0 Å². The standard InChI is InChI=1S/C18H20N2O3S/c1-3-8-23-17(22)11-24-18-15(10-19)14(9-16(21)20-18)13-6-4-12(2)5-7-13/h4-7,14H,3,8-9,11H2,1-2H3,(H,20,21)/t14-/m1/s1. The fourth-order valence-corrected chi connectivity index (χ4v) is 3.28. The van der Waals surface area contributed by atoms with E-state index in [0.29, 0.717) is 17.2 Å². The Hall–Kier alpha value is -2.26. The maximum Gasteiger partial charge on any atom is 0.316 e. The quantitative estimate of drug-likeness (QED) is 0.803. The second-order valence-corrected chi connectivity index (χ2v) is 6.56. The summed E-state index contributed by atoms with van der Waals surface area (Å²) in [5, 5.41) is 12.7. The zero-order chi connectivity index (χ0) is 17.5. The molecule has 1 heterocycles. The molecule has 2 rings (SSSR count). The van der Waals surface area contributed by atoms with Crippen LogP contribution in [0.25, 0.3) is 0 Å². The third-order valence-corrected chi connectivity index (χ3v) is 4.63. The van der Waals surface area contributed by atoms with E-state index in [-0.39, 0.29) is 30.0 Å². The Kier molecular flexibility index (Phi) is 6.44. The lowest BCUT2D eigenvalue weighted by Gasteiger charge is -2.25. The van der Waals surface area contributed by atoms with E-state index in [9.17, 15) is 14.9 Å². The monoisotopic (exact) mass is 344 g/mol. The molecule has 1 aromatic carbocycles. The van der Waals surface area contributed by atoms with Crippen molar-refractivity contribution >= 4 is 23.6 Å². The molecule has 0 aliphatic carbocycles. The fraction of sp³-hybridized carbons (Fsp3) is 0.389. The molecule has 0 fully saturated rings. The SMILES string of the molecule is CCCOC(=O)CSC1=C(C#N)[C@@H](c2ccc(C)cc2)CC(=O)N1. The average Bonchev–Trinajstić information content (AvgIpc) is 2.58. The third kappa shape index (κ3) is 4.62. The van der Waals surface area contributed by atoms with Crippen LogP contribution in [0.3, 0.4) is 0 Å². The number of allylic oxidation sites excluding steroid dienone is 1. The highest BCUT2D eigenvalue weighted by atomic mass is 32.2. The fourth-order valence-electron chi connectivity index (χ4n) is 2.41. The van der Waals surface area contributed by atoms with Crippen molar-refractivity contribution in [1.29, 1.82) is 5.26 Å². The van der Waals surface area contributed by atoms with E-state index in [0.717, 1.165) is 29.3 Å². The van der Waals surface area contributed by atoms with E-state index in [2.05, 4.69) is 11.4 Å². The highest BCUT2D eigenvalue weighted by molar-refractivity contribution is 8.03. The summed E-state index contributed by atoms with van der Waals surface area (Å²) in [5.74, 6) is -0.706. The van der Waals surface area contributed by atoms with Gasteiger partial charge in [0.1, 0.15) is 0 Å². The Morgan fingerprint density at radius 3 is 2.75 bits per heavy atom. The van der Waals surface area contributed by atoms with Crippen molar-refractivity contribution in [3.8, 4) is 6.07 Å². The molecule has 1 aromatic rings. The molecule has 126 valence electrons. The Labute approximate surface area is 146 Å². The minimum Gasteiger partial charge on any atom is -0.465 e. The van der Waals surface area contributed by atoms with Crippen molar-refractivity contribution in [3.63, 3.8) is 0 Å². The van der Waals surface area contributed by atoms with E-state index >= 15 is 0 Å². The summed E-state index contributed by atoms with van der Waals surface area (Å²) in [6, 6.07) is 10.0. The van der Waals surface area contributed by atoms with Crippen LogP contribution in [0, 0.1) is 18.3 Å². The van der Waals surface area contributed by atoms with E-state index in [1.807, 2.05) is 38.1 Å². The number of aryl methyl sites for hydroxylation is 1. The second kappa shape index (κ2) is 8.55. The van der Waals surface area contributed by atoms with Crippen molar-refractivity contribution < 1.29 is 14.3 Å². The molecule has 6 heteroatoms. The zero-order valence-corrected chi connectivity index (χ0v) is 14.6. The molecule has 0 unspecified atom stereocenters. The maximum atomic E-state index is 12.0. The molecule has 0 aromatic heterocycles. The summed E-state index contributed by atoms with van der Waals surface area (Å²) in [7, 11) is 0. The summed E-state index contributed by atoms with van der Waals surface area (Å²) in [5.41, 5.74) is 2.54. The number of hydrogen-bond acceptors (Lipinski definition) is 5. The molecule has 1 N–H and O–H groups in total. The highest BCUT2D eigenvalue weighted by Gasteiger charge is 2.29. The Bertz CT molecular complexity index is 689. The van der Waals surface area contributed by atoms with Crippen molar-refractivity contribution in [2.45, 2.75) is 32.6 Å². The molecular weight excluding hydrogens is 324 g/mol. The lowest BCUT2D eigenvalue weighted by Crippen LogP contribution is -2.31. The Balaban J connectivity index is 2.19. The molecule has 0 radical (unpaired) electrons. The Morgan fingerprint density at radius 2 is 2.12 bits per heavy atom. The molecule has 1 aliphatic rings. The van der Waals surface area contributed by atoms with Crippen LogP contribution in [0.4, 0.5) is 0 Å². The average molecular weight is 344 g/mol. The lowest BCUT2D eigenvalue weighted by atomic mass is 9.87. The number of nitrogens with zero attached hydrogens (tertiary/aromatic N) is 1. The summed E-state index contributed by atoms with van der Waals surface area (Å²) in [4.78, 5) is 23.7. The molecule has 1 aliphatic heterocycles. The number of hydrogen-bond donors (Lipinski definition) is 1. The number of amides is 1. The predicted octanol–water partition coefficient (Wildman–Crippen LogP) is 3.02. The first-order valence-electron chi connectivity index (χ1n) is 7.84. The molecule has 0 saturated heterocycles. The number of ether oxygens (including phenoxy) is 1. The van der Waals surface area contributed by atoms with Gasteiger partial charge in [-0.15, -0.1) is 0 Å². The van der Waals surface area contributed by atoms with Crippen molar-refractivity contribution in [2.24, 2.45) is 0 Å². The number of thioether (sulfide) groups is 1. The van der Waals surface area contributed by atoms with Gasteiger partial charge in [0.25, 0.3) is 0 Å². The van der Waals surface area contributed by atoms with Crippen LogP contribution in [-0.4, -0.2) is 24.2 Å². The largest absolute Gasteiger partial charge is 0.465 e. The predicted molar refractivity (Wildman–Crippen MR) is 93.0 cm³/mol. The number of carbonyl (C=O) groups is 2. The summed E-state index contributed by atoms with van der Waals surface area (Å²) in [6.07, 6.45) is 0.991. The lowest BCUT2D eigenvalue weighted by molar-refractivity contribution is -0.140. The number of rotatable bonds is 6. The molecule has 1 atom stereocenters. The van der Waals surface area contributed by atoms with Gasteiger partial charge in [-0.3, -0.25) is 9.59 Å². The molecule has 24 heavy (non-hydrogen) atoms. The molecule has 0 spiro atoms. The second-order valence-electron chi connectivity index (χ2n) is 5.58. The van der Waals surface area contributed by atoms with Crippen LogP contribution in [-0.2, 0) is 14.3 Å². The number of esters is 1. The van der Waals surface area contributed by atoms with Gasteiger partial charge in [-0.05, 0) is 18.9 Å². The van der Waals surface area contributed by atoms with Crippen molar-refractivity contribution in [1.82, 2.24) is 5.32 Å². The van der Waals surface area contributed by atoms with Crippen LogP contribution in [0.1, 0.15) is 36.8 Å². The van der Waals surface area contributed by atoms with Gasteiger partial charge in [-0.1, -0.05) is 48.5 Å². The number of nitrogens with one attached hydrogen (secondary N) is 1. The minimum atomic E-state index is -0.349. The van der Waals surface area contributed by atoms with Gasteiger partial charge in [0, 0.05) is 12.3 Å². The zero-order valence-electron chi connectivity index (χ0n) is 13.8. The molecule has 5 nitrogen and oxygen atoms in total. The summed E-state index contributed by atoms with van der Waals surface area (Å²) in [6.45, 7) is 4.29. The highest BCUT2D eigenvalue weighted by Crippen LogP contribution is 2.35. The first kappa shape index (κ1) is 18.1. The van der Waals surface area contributed by atoms with Crippen molar-refractivity contribution in [3.05, 3.63) is 46.0 Å². The van der Waals surface area contributed by atoms with E-state index < -0.39 is 0 Å².